The number of hydrogen-bond acceptors (Lipinski definition) is 2. The van der Waals surface area contributed by atoms with Gasteiger partial charge in [0.2, 0.25) is 0 Å². The van der Waals surface area contributed by atoms with Crippen molar-refractivity contribution in [2.75, 3.05) is 17.2 Å². The summed E-state index contributed by atoms with van der Waals surface area (Å²) in [7, 11) is 0. The first-order valence-electron chi connectivity index (χ1n) is 6.42. The first-order valence-corrected chi connectivity index (χ1v) is 6.42. The Labute approximate surface area is 106 Å². The third-order valence-corrected chi connectivity index (χ3v) is 3.38. The molecular formula is C15H16N2O. The van der Waals surface area contributed by atoms with Crippen LogP contribution >= 0.6 is 0 Å². The van der Waals surface area contributed by atoms with Crippen LogP contribution in [0.1, 0.15) is 30.1 Å². The molecule has 0 atom stereocenters. The summed E-state index contributed by atoms with van der Waals surface area (Å²) in [6.45, 7) is 3.15. The van der Waals surface area contributed by atoms with E-state index in [1.807, 2.05) is 24.3 Å². The largest absolute Gasteiger partial charge is 0.385 e. The van der Waals surface area contributed by atoms with Crippen LogP contribution < -0.4 is 10.6 Å². The fourth-order valence-electron chi connectivity index (χ4n) is 2.44. The van der Waals surface area contributed by atoms with Crippen LogP contribution in [-0.2, 0) is 0 Å². The standard InChI is InChI=1S/C15H16N2O/c1-2-3-9-16-12-8-7-11-14-10(12)5-4-6-13(14)17-15(11)18/h4-8,16H,2-3,9H2,1H3,(H,17,18). The molecule has 0 saturated carbocycles. The molecule has 3 nitrogen and oxygen atoms in total. The van der Waals surface area contributed by atoms with Gasteiger partial charge in [0.1, 0.15) is 0 Å². The molecule has 0 bridgehead atoms. The minimum Gasteiger partial charge on any atom is -0.385 e. The van der Waals surface area contributed by atoms with Gasteiger partial charge in [0, 0.05) is 34.3 Å². The number of nitrogens with one attached hydrogen (secondary N) is 2. The third-order valence-electron chi connectivity index (χ3n) is 3.38. The van der Waals surface area contributed by atoms with Crippen molar-refractivity contribution in [1.82, 2.24) is 0 Å². The average Bonchev–Trinajstić information content (AvgIpc) is 2.71. The molecule has 2 N–H and O–H groups in total. The van der Waals surface area contributed by atoms with Crippen LogP contribution in [0.15, 0.2) is 30.3 Å². The highest BCUT2D eigenvalue weighted by atomic mass is 16.1. The van der Waals surface area contributed by atoms with Crippen LogP contribution in [0.5, 0.6) is 0 Å². The molecule has 3 heteroatoms. The highest BCUT2D eigenvalue weighted by Crippen LogP contribution is 2.36. The molecule has 3 rings (SSSR count). The lowest BCUT2D eigenvalue weighted by atomic mass is 10.0. The van der Waals surface area contributed by atoms with E-state index in [4.69, 9.17) is 0 Å². The van der Waals surface area contributed by atoms with Crippen molar-refractivity contribution in [3.8, 4) is 0 Å². The average molecular weight is 240 g/mol. The number of amides is 1. The van der Waals surface area contributed by atoms with Crippen LogP contribution in [-0.4, -0.2) is 12.5 Å². The Hall–Kier alpha value is -2.03. The van der Waals surface area contributed by atoms with Gasteiger partial charge in [-0.3, -0.25) is 4.79 Å². The smallest absolute Gasteiger partial charge is 0.256 e. The molecule has 18 heavy (non-hydrogen) atoms. The lowest BCUT2D eigenvalue weighted by molar-refractivity contribution is 0.103. The van der Waals surface area contributed by atoms with E-state index in [9.17, 15) is 4.79 Å². The number of anilines is 2. The van der Waals surface area contributed by atoms with E-state index >= 15 is 0 Å². The van der Waals surface area contributed by atoms with E-state index in [-0.39, 0.29) is 5.91 Å². The molecule has 0 radical (unpaired) electrons. The molecule has 1 amide bonds. The number of hydrogen-bond donors (Lipinski definition) is 2. The van der Waals surface area contributed by atoms with E-state index in [1.54, 1.807) is 0 Å². The molecule has 0 unspecified atom stereocenters. The number of unbranched alkanes of at least 4 members (excludes halogenated alkanes) is 1. The minimum atomic E-state index is 0.00121. The van der Waals surface area contributed by atoms with Crippen molar-refractivity contribution >= 4 is 28.1 Å². The van der Waals surface area contributed by atoms with Crippen LogP contribution in [0.25, 0.3) is 10.8 Å². The second-order valence-electron chi connectivity index (χ2n) is 4.62. The molecule has 0 aliphatic carbocycles. The maximum absolute atomic E-state index is 11.8. The van der Waals surface area contributed by atoms with Crippen molar-refractivity contribution < 1.29 is 4.79 Å². The van der Waals surface area contributed by atoms with Crippen molar-refractivity contribution in [2.45, 2.75) is 19.8 Å². The summed E-state index contributed by atoms with van der Waals surface area (Å²) < 4.78 is 0. The molecule has 0 fully saturated rings. The zero-order chi connectivity index (χ0) is 12.5. The second-order valence-corrected chi connectivity index (χ2v) is 4.62. The third kappa shape index (κ3) is 1.63. The normalized spacial score (nSPS) is 12.8. The quantitative estimate of drug-likeness (QED) is 0.801. The van der Waals surface area contributed by atoms with Gasteiger partial charge in [0.15, 0.2) is 0 Å². The van der Waals surface area contributed by atoms with E-state index < -0.39 is 0 Å². The van der Waals surface area contributed by atoms with Gasteiger partial charge >= 0.3 is 0 Å². The Morgan fingerprint density at radius 2 is 2.11 bits per heavy atom. The molecular weight excluding hydrogens is 224 g/mol. The van der Waals surface area contributed by atoms with Gasteiger partial charge in [-0.2, -0.15) is 0 Å². The molecule has 1 heterocycles. The molecule has 92 valence electrons. The summed E-state index contributed by atoms with van der Waals surface area (Å²) in [4.78, 5) is 11.8. The Morgan fingerprint density at radius 3 is 2.94 bits per heavy atom. The Kier molecular flexibility index (Phi) is 2.67. The summed E-state index contributed by atoms with van der Waals surface area (Å²) in [5, 5.41) is 8.52. The topological polar surface area (TPSA) is 41.1 Å². The van der Waals surface area contributed by atoms with Gasteiger partial charge in [-0.25, -0.2) is 0 Å². The number of carbonyl (C=O) groups is 1. The van der Waals surface area contributed by atoms with Crippen molar-refractivity contribution in [1.29, 1.82) is 0 Å². The van der Waals surface area contributed by atoms with Crippen LogP contribution in [0.4, 0.5) is 11.4 Å². The summed E-state index contributed by atoms with van der Waals surface area (Å²) in [6.07, 6.45) is 2.33. The van der Waals surface area contributed by atoms with E-state index in [0.29, 0.717) is 0 Å². The minimum absolute atomic E-state index is 0.00121. The molecule has 0 aromatic heterocycles. The van der Waals surface area contributed by atoms with Gasteiger partial charge in [-0.1, -0.05) is 25.5 Å². The first kappa shape index (κ1) is 11.1. The zero-order valence-corrected chi connectivity index (χ0v) is 10.4. The second kappa shape index (κ2) is 4.33. The van der Waals surface area contributed by atoms with Crippen LogP contribution in [0.3, 0.4) is 0 Å². The molecule has 1 aliphatic rings. The predicted molar refractivity (Wildman–Crippen MR) is 75.3 cm³/mol. The van der Waals surface area contributed by atoms with E-state index in [2.05, 4.69) is 23.6 Å². The van der Waals surface area contributed by atoms with Crippen LogP contribution in [0.2, 0.25) is 0 Å². The summed E-state index contributed by atoms with van der Waals surface area (Å²) in [5.41, 5.74) is 2.81. The van der Waals surface area contributed by atoms with E-state index in [1.165, 1.54) is 6.42 Å². The lowest BCUT2D eigenvalue weighted by Crippen LogP contribution is -2.04. The molecule has 0 spiro atoms. The Bertz CT molecular complexity index is 619. The summed E-state index contributed by atoms with van der Waals surface area (Å²) in [5.74, 6) is 0.00121. The van der Waals surface area contributed by atoms with Gasteiger partial charge < -0.3 is 10.6 Å². The molecule has 2 aromatic carbocycles. The van der Waals surface area contributed by atoms with Crippen molar-refractivity contribution in [2.24, 2.45) is 0 Å². The molecule has 1 aliphatic heterocycles. The molecule has 2 aromatic rings. The first-order chi connectivity index (χ1) is 8.81. The number of rotatable bonds is 4. The lowest BCUT2D eigenvalue weighted by Gasteiger charge is -2.09. The van der Waals surface area contributed by atoms with Gasteiger partial charge in [-0.05, 0) is 24.6 Å². The Morgan fingerprint density at radius 1 is 1.22 bits per heavy atom. The van der Waals surface area contributed by atoms with Gasteiger partial charge in [-0.15, -0.1) is 0 Å². The zero-order valence-electron chi connectivity index (χ0n) is 10.4. The number of benzene rings is 2. The summed E-state index contributed by atoms with van der Waals surface area (Å²) >= 11 is 0. The highest BCUT2D eigenvalue weighted by Gasteiger charge is 2.21. The van der Waals surface area contributed by atoms with Gasteiger partial charge in [0.25, 0.3) is 5.91 Å². The van der Waals surface area contributed by atoms with Crippen LogP contribution in [0, 0.1) is 0 Å². The highest BCUT2D eigenvalue weighted by molar-refractivity contribution is 6.25. The Balaban J connectivity index is 2.08. The predicted octanol–water partition coefficient (Wildman–Crippen LogP) is 3.62. The maximum atomic E-state index is 11.8. The fraction of sp³-hybridized carbons (Fsp3) is 0.267. The molecule has 0 saturated heterocycles. The fourth-order valence-corrected chi connectivity index (χ4v) is 2.44. The monoisotopic (exact) mass is 240 g/mol. The van der Waals surface area contributed by atoms with E-state index in [0.717, 1.165) is 40.7 Å². The van der Waals surface area contributed by atoms with Gasteiger partial charge in [0.05, 0.1) is 0 Å². The summed E-state index contributed by atoms with van der Waals surface area (Å²) in [6, 6.07) is 9.91. The number of carbonyl (C=O) groups excluding carboxylic acids is 1. The van der Waals surface area contributed by atoms with Crippen molar-refractivity contribution in [3.63, 3.8) is 0 Å². The maximum Gasteiger partial charge on any atom is 0.256 e. The van der Waals surface area contributed by atoms with Crippen molar-refractivity contribution in [3.05, 3.63) is 35.9 Å². The SMILES string of the molecule is CCCCNc1ccc2c3c(cccc13)NC2=O.